The molecular formula is C22H19N3O5. The number of carbonyl (C=O) groups excluding carboxylic acids is 3. The molecule has 30 heavy (non-hydrogen) atoms. The second-order valence-corrected chi connectivity index (χ2v) is 6.87. The smallest absolute Gasteiger partial charge is 0.329 e. The van der Waals surface area contributed by atoms with Gasteiger partial charge in [0.2, 0.25) is 5.82 Å². The molecular weight excluding hydrogens is 386 g/mol. The van der Waals surface area contributed by atoms with Crippen LogP contribution in [-0.4, -0.2) is 38.9 Å². The molecule has 1 atom stereocenters. The van der Waals surface area contributed by atoms with Crippen LogP contribution in [0.15, 0.2) is 53.1 Å². The van der Waals surface area contributed by atoms with Crippen LogP contribution in [-0.2, 0) is 22.6 Å². The van der Waals surface area contributed by atoms with Gasteiger partial charge in [-0.2, -0.15) is 4.98 Å². The number of hydrogen-bond acceptors (Lipinski definition) is 7. The molecule has 2 aromatic carbocycles. The zero-order valence-electron chi connectivity index (χ0n) is 16.5. The summed E-state index contributed by atoms with van der Waals surface area (Å²) in [6.07, 6.45) is 0.930. The van der Waals surface area contributed by atoms with Crippen molar-refractivity contribution in [3.63, 3.8) is 0 Å². The van der Waals surface area contributed by atoms with Crippen LogP contribution in [0, 0.1) is 0 Å². The van der Waals surface area contributed by atoms with Crippen LogP contribution in [0.5, 0.6) is 0 Å². The van der Waals surface area contributed by atoms with E-state index in [9.17, 15) is 14.4 Å². The highest BCUT2D eigenvalue weighted by Gasteiger charge is 2.41. The van der Waals surface area contributed by atoms with Gasteiger partial charge in [-0.05, 0) is 31.0 Å². The fraction of sp³-hybridized carbons (Fsp3) is 0.227. The van der Waals surface area contributed by atoms with Crippen molar-refractivity contribution >= 4 is 17.8 Å². The number of aromatic nitrogens is 2. The summed E-state index contributed by atoms with van der Waals surface area (Å²) in [6, 6.07) is 13.1. The molecule has 2 heterocycles. The summed E-state index contributed by atoms with van der Waals surface area (Å²) in [7, 11) is 0. The summed E-state index contributed by atoms with van der Waals surface area (Å²) in [6.45, 7) is 3.25. The van der Waals surface area contributed by atoms with Crippen molar-refractivity contribution < 1.29 is 23.6 Å². The van der Waals surface area contributed by atoms with E-state index in [1.54, 1.807) is 24.3 Å². The molecule has 0 saturated carbocycles. The van der Waals surface area contributed by atoms with Crippen LogP contribution < -0.4 is 0 Å². The quantitative estimate of drug-likeness (QED) is 0.459. The van der Waals surface area contributed by atoms with E-state index in [2.05, 4.69) is 17.1 Å². The molecule has 3 aromatic rings. The molecule has 0 aliphatic carbocycles. The number of imide groups is 1. The minimum Gasteiger partial charge on any atom is -0.454 e. The lowest BCUT2D eigenvalue weighted by Gasteiger charge is -2.20. The van der Waals surface area contributed by atoms with Gasteiger partial charge in [0.15, 0.2) is 6.61 Å². The van der Waals surface area contributed by atoms with Crippen molar-refractivity contribution in [2.75, 3.05) is 0 Å². The molecule has 0 spiro atoms. The minimum absolute atomic E-state index is 0.118. The maximum absolute atomic E-state index is 12.5. The number of aryl methyl sites for hydroxylation is 1. The molecule has 152 valence electrons. The van der Waals surface area contributed by atoms with E-state index < -0.39 is 23.8 Å². The van der Waals surface area contributed by atoms with Crippen LogP contribution in [0.3, 0.4) is 0 Å². The van der Waals surface area contributed by atoms with Gasteiger partial charge in [-0.3, -0.25) is 14.5 Å². The highest BCUT2D eigenvalue weighted by atomic mass is 16.6. The number of fused-ring (bicyclic) bond motifs is 1. The molecule has 8 heteroatoms. The normalized spacial score (nSPS) is 14.0. The number of ether oxygens (including phenoxy) is 1. The number of rotatable bonds is 6. The van der Waals surface area contributed by atoms with Crippen LogP contribution in [0.25, 0.3) is 11.4 Å². The maximum Gasteiger partial charge on any atom is 0.329 e. The van der Waals surface area contributed by atoms with Gasteiger partial charge in [0.1, 0.15) is 6.04 Å². The predicted molar refractivity (Wildman–Crippen MR) is 105 cm³/mol. The summed E-state index contributed by atoms with van der Waals surface area (Å²) in [4.78, 5) is 42.5. The highest BCUT2D eigenvalue weighted by molar-refractivity contribution is 6.22. The lowest BCUT2D eigenvalue weighted by Crippen LogP contribution is -2.43. The van der Waals surface area contributed by atoms with Crippen LogP contribution in [0.1, 0.15) is 46.0 Å². The largest absolute Gasteiger partial charge is 0.454 e. The molecule has 8 nitrogen and oxygen atoms in total. The Morgan fingerprint density at radius 3 is 2.30 bits per heavy atom. The van der Waals surface area contributed by atoms with Crippen molar-refractivity contribution in [2.24, 2.45) is 0 Å². The van der Waals surface area contributed by atoms with Crippen molar-refractivity contribution in [1.82, 2.24) is 15.0 Å². The molecule has 0 bridgehead atoms. The van der Waals surface area contributed by atoms with Crippen molar-refractivity contribution in [3.8, 4) is 11.4 Å². The lowest BCUT2D eigenvalue weighted by atomic mass is 10.1. The van der Waals surface area contributed by atoms with Crippen LogP contribution in [0.4, 0.5) is 0 Å². The Morgan fingerprint density at radius 2 is 1.70 bits per heavy atom. The van der Waals surface area contributed by atoms with Gasteiger partial charge < -0.3 is 9.26 Å². The third-order valence-electron chi connectivity index (χ3n) is 4.98. The minimum atomic E-state index is -1.08. The van der Waals surface area contributed by atoms with Crippen LogP contribution >= 0.6 is 0 Å². The fourth-order valence-corrected chi connectivity index (χ4v) is 3.24. The number of esters is 1. The Morgan fingerprint density at radius 1 is 1.07 bits per heavy atom. The molecule has 1 aromatic heterocycles. The van der Waals surface area contributed by atoms with Crippen molar-refractivity contribution in [1.29, 1.82) is 0 Å². The first-order valence-corrected chi connectivity index (χ1v) is 9.55. The number of amides is 2. The maximum atomic E-state index is 12.5. The van der Waals surface area contributed by atoms with Crippen molar-refractivity contribution in [2.45, 2.75) is 32.9 Å². The summed E-state index contributed by atoms with van der Waals surface area (Å²) >= 11 is 0. The lowest BCUT2D eigenvalue weighted by molar-refractivity contribution is -0.149. The Kier molecular flexibility index (Phi) is 5.14. The summed E-state index contributed by atoms with van der Waals surface area (Å²) in [5.74, 6) is -1.27. The molecule has 0 saturated heterocycles. The molecule has 1 aliphatic rings. The topological polar surface area (TPSA) is 103 Å². The first kappa shape index (κ1) is 19.5. The van der Waals surface area contributed by atoms with Gasteiger partial charge in [0, 0.05) is 5.56 Å². The number of hydrogen-bond donors (Lipinski definition) is 0. The van der Waals surface area contributed by atoms with Gasteiger partial charge in [-0.15, -0.1) is 0 Å². The van der Waals surface area contributed by atoms with E-state index in [1.807, 2.05) is 24.3 Å². The van der Waals surface area contributed by atoms with E-state index in [-0.39, 0.29) is 23.6 Å². The number of benzene rings is 2. The zero-order chi connectivity index (χ0) is 21.3. The second kappa shape index (κ2) is 7.90. The first-order chi connectivity index (χ1) is 14.5. The van der Waals surface area contributed by atoms with E-state index in [0.29, 0.717) is 5.82 Å². The summed E-state index contributed by atoms with van der Waals surface area (Å²) in [5.41, 5.74) is 2.53. The number of nitrogens with zero attached hydrogens (tertiary/aromatic N) is 3. The fourth-order valence-electron chi connectivity index (χ4n) is 3.24. The predicted octanol–water partition coefficient (Wildman–Crippen LogP) is 3.03. The van der Waals surface area contributed by atoms with E-state index in [4.69, 9.17) is 9.26 Å². The second-order valence-electron chi connectivity index (χ2n) is 6.87. The average molecular weight is 405 g/mol. The molecule has 2 amide bonds. The van der Waals surface area contributed by atoms with Gasteiger partial charge in [0.25, 0.3) is 17.7 Å². The molecule has 0 N–H and O–H groups in total. The van der Waals surface area contributed by atoms with E-state index in [0.717, 1.165) is 16.9 Å². The van der Waals surface area contributed by atoms with E-state index in [1.165, 1.54) is 12.5 Å². The average Bonchev–Trinajstić information content (AvgIpc) is 3.35. The standard InChI is InChI=1S/C22H19N3O5/c1-3-14-8-10-15(11-9-14)19-23-18(30-24-19)12-29-22(28)13(2)25-20(26)16-6-4-5-7-17(16)21(25)27/h4-11,13H,3,12H2,1-2H3/t13-/m0/s1. The SMILES string of the molecule is CCc1ccc(-c2noc(COC(=O)[C@H](C)N3C(=O)c4ccccc4C3=O)n2)cc1. The summed E-state index contributed by atoms with van der Waals surface area (Å²) < 4.78 is 10.3. The Balaban J connectivity index is 1.40. The Hall–Kier alpha value is -3.81. The molecule has 4 rings (SSSR count). The Bertz CT molecular complexity index is 1080. The van der Waals surface area contributed by atoms with Gasteiger partial charge in [0.05, 0.1) is 11.1 Å². The van der Waals surface area contributed by atoms with E-state index >= 15 is 0 Å². The Labute approximate surface area is 172 Å². The molecule has 0 unspecified atom stereocenters. The number of carbonyl (C=O) groups is 3. The third-order valence-corrected chi connectivity index (χ3v) is 4.98. The van der Waals surface area contributed by atoms with Crippen LogP contribution in [0.2, 0.25) is 0 Å². The van der Waals surface area contributed by atoms with Gasteiger partial charge in [-0.1, -0.05) is 48.5 Å². The van der Waals surface area contributed by atoms with Gasteiger partial charge >= 0.3 is 5.97 Å². The first-order valence-electron chi connectivity index (χ1n) is 9.55. The monoisotopic (exact) mass is 405 g/mol. The van der Waals surface area contributed by atoms with Gasteiger partial charge in [-0.25, -0.2) is 4.79 Å². The molecule has 0 fully saturated rings. The molecule has 0 radical (unpaired) electrons. The molecule has 1 aliphatic heterocycles. The zero-order valence-corrected chi connectivity index (χ0v) is 16.5. The highest BCUT2D eigenvalue weighted by Crippen LogP contribution is 2.25. The third kappa shape index (κ3) is 3.47. The van der Waals surface area contributed by atoms with Crippen molar-refractivity contribution in [3.05, 3.63) is 71.1 Å². The summed E-state index contributed by atoms with van der Waals surface area (Å²) in [5, 5.41) is 3.90.